The molecule has 90 valence electrons. The molecular formula is C12H14N2O3. The number of carbonyl (C=O) groups excluding carboxylic acids is 2. The van der Waals surface area contributed by atoms with Gasteiger partial charge in [-0.05, 0) is 17.9 Å². The van der Waals surface area contributed by atoms with Crippen LogP contribution >= 0.6 is 0 Å². The van der Waals surface area contributed by atoms with E-state index >= 15 is 0 Å². The highest BCUT2D eigenvalue weighted by molar-refractivity contribution is 5.82. The van der Waals surface area contributed by atoms with Gasteiger partial charge in [0.1, 0.15) is 0 Å². The monoisotopic (exact) mass is 234 g/mol. The molecular weight excluding hydrogens is 220 g/mol. The van der Waals surface area contributed by atoms with Gasteiger partial charge in [0, 0.05) is 5.92 Å². The summed E-state index contributed by atoms with van der Waals surface area (Å²) in [7, 11) is 0. The van der Waals surface area contributed by atoms with Gasteiger partial charge in [-0.25, -0.2) is 5.48 Å². The number of nitrogens with two attached hydrogens (primary N) is 1. The standard InChI is InChI=1S/C12H14N2O3/c13-11(15)7-17-14-12(16)10-6-9(10)8-4-2-1-3-5-8/h1-5,9-10H,6-7H2,(H2,13,15)(H,14,16). The normalized spacial score (nSPS) is 21.9. The zero-order chi connectivity index (χ0) is 12.3. The van der Waals surface area contributed by atoms with Gasteiger partial charge in [-0.15, -0.1) is 0 Å². The Labute approximate surface area is 98.9 Å². The summed E-state index contributed by atoms with van der Waals surface area (Å²) in [5, 5.41) is 0. The van der Waals surface area contributed by atoms with Gasteiger partial charge in [-0.2, -0.15) is 0 Å². The van der Waals surface area contributed by atoms with Gasteiger partial charge in [0.15, 0.2) is 6.61 Å². The first-order chi connectivity index (χ1) is 8.18. The number of hydrogen-bond donors (Lipinski definition) is 2. The van der Waals surface area contributed by atoms with Gasteiger partial charge >= 0.3 is 0 Å². The Bertz CT molecular complexity index is 419. The van der Waals surface area contributed by atoms with E-state index in [1.54, 1.807) is 0 Å². The Morgan fingerprint density at radius 2 is 2.06 bits per heavy atom. The summed E-state index contributed by atoms with van der Waals surface area (Å²) >= 11 is 0. The Balaban J connectivity index is 1.79. The molecule has 0 aliphatic heterocycles. The number of primary amides is 1. The van der Waals surface area contributed by atoms with Crippen LogP contribution in [0, 0.1) is 5.92 Å². The molecule has 1 aromatic rings. The van der Waals surface area contributed by atoms with Gasteiger partial charge in [0.05, 0.1) is 0 Å². The molecule has 2 amide bonds. The minimum atomic E-state index is -0.610. The summed E-state index contributed by atoms with van der Waals surface area (Å²) in [5.41, 5.74) is 8.26. The fraction of sp³-hybridized carbons (Fsp3) is 0.333. The van der Waals surface area contributed by atoms with E-state index in [2.05, 4.69) is 10.3 Å². The number of amides is 2. The summed E-state index contributed by atoms with van der Waals surface area (Å²) in [6.45, 7) is -0.297. The zero-order valence-electron chi connectivity index (χ0n) is 9.26. The fourth-order valence-electron chi connectivity index (χ4n) is 1.81. The van der Waals surface area contributed by atoms with Gasteiger partial charge < -0.3 is 5.73 Å². The van der Waals surface area contributed by atoms with E-state index in [0.29, 0.717) is 0 Å². The topological polar surface area (TPSA) is 81.4 Å². The van der Waals surface area contributed by atoms with Crippen molar-refractivity contribution < 1.29 is 14.4 Å². The SMILES string of the molecule is NC(=O)CONC(=O)C1CC1c1ccccc1. The maximum Gasteiger partial charge on any atom is 0.247 e. The van der Waals surface area contributed by atoms with Crippen molar-refractivity contribution in [1.82, 2.24) is 5.48 Å². The summed E-state index contributed by atoms with van der Waals surface area (Å²) in [6.07, 6.45) is 0.815. The van der Waals surface area contributed by atoms with Crippen LogP contribution in [0.1, 0.15) is 17.9 Å². The molecule has 1 aliphatic carbocycles. The van der Waals surface area contributed by atoms with Crippen molar-refractivity contribution in [3.05, 3.63) is 35.9 Å². The van der Waals surface area contributed by atoms with E-state index in [9.17, 15) is 9.59 Å². The Kier molecular flexibility index (Phi) is 3.39. The van der Waals surface area contributed by atoms with Crippen molar-refractivity contribution in [3.63, 3.8) is 0 Å². The van der Waals surface area contributed by atoms with Crippen LogP contribution < -0.4 is 11.2 Å². The summed E-state index contributed by atoms with van der Waals surface area (Å²) in [5.74, 6) is -0.612. The average Bonchev–Trinajstić information content (AvgIpc) is 3.09. The Hall–Kier alpha value is -1.88. The number of benzene rings is 1. The molecule has 2 atom stereocenters. The van der Waals surface area contributed by atoms with E-state index in [0.717, 1.165) is 12.0 Å². The molecule has 0 radical (unpaired) electrons. The summed E-state index contributed by atoms with van der Waals surface area (Å²) in [4.78, 5) is 26.6. The summed E-state index contributed by atoms with van der Waals surface area (Å²) in [6, 6.07) is 9.85. The maximum absolute atomic E-state index is 11.6. The Morgan fingerprint density at radius 1 is 1.35 bits per heavy atom. The first kappa shape index (κ1) is 11.6. The second-order valence-corrected chi connectivity index (χ2v) is 4.08. The third-order valence-electron chi connectivity index (χ3n) is 2.74. The predicted octanol–water partition coefficient (Wildman–Crippen LogP) is 0.323. The molecule has 1 saturated carbocycles. The lowest BCUT2D eigenvalue weighted by atomic mass is 10.1. The fourth-order valence-corrected chi connectivity index (χ4v) is 1.81. The number of nitrogens with one attached hydrogen (secondary N) is 1. The van der Waals surface area contributed by atoms with Crippen molar-refractivity contribution in [3.8, 4) is 0 Å². The molecule has 5 heteroatoms. The zero-order valence-corrected chi connectivity index (χ0v) is 9.26. The lowest BCUT2D eigenvalue weighted by Gasteiger charge is -2.03. The van der Waals surface area contributed by atoms with Crippen LogP contribution in [0.15, 0.2) is 30.3 Å². The molecule has 0 heterocycles. The molecule has 0 bridgehead atoms. The first-order valence-electron chi connectivity index (χ1n) is 5.43. The van der Waals surface area contributed by atoms with Crippen molar-refractivity contribution in [1.29, 1.82) is 0 Å². The molecule has 1 aromatic carbocycles. The average molecular weight is 234 g/mol. The smallest absolute Gasteiger partial charge is 0.247 e. The quantitative estimate of drug-likeness (QED) is 0.720. The maximum atomic E-state index is 11.6. The number of carbonyl (C=O) groups is 2. The van der Waals surface area contributed by atoms with Crippen LogP contribution in [0.25, 0.3) is 0 Å². The molecule has 2 rings (SSSR count). The van der Waals surface area contributed by atoms with Crippen LogP contribution in [0.5, 0.6) is 0 Å². The van der Waals surface area contributed by atoms with Crippen LogP contribution in [0.3, 0.4) is 0 Å². The highest BCUT2D eigenvalue weighted by Gasteiger charge is 2.43. The van der Waals surface area contributed by atoms with Crippen LogP contribution in [-0.2, 0) is 14.4 Å². The minimum absolute atomic E-state index is 0.0646. The molecule has 0 spiro atoms. The Morgan fingerprint density at radius 3 is 2.71 bits per heavy atom. The molecule has 0 aromatic heterocycles. The number of hydroxylamine groups is 1. The molecule has 1 aliphatic rings. The van der Waals surface area contributed by atoms with Crippen molar-refractivity contribution in [2.75, 3.05) is 6.61 Å². The van der Waals surface area contributed by atoms with E-state index in [-0.39, 0.29) is 24.3 Å². The second-order valence-electron chi connectivity index (χ2n) is 4.08. The largest absolute Gasteiger partial charge is 0.368 e. The molecule has 0 saturated heterocycles. The molecule has 5 nitrogen and oxygen atoms in total. The second kappa shape index (κ2) is 4.97. The van der Waals surface area contributed by atoms with Gasteiger partial charge in [-0.3, -0.25) is 14.4 Å². The predicted molar refractivity (Wildman–Crippen MR) is 60.6 cm³/mol. The van der Waals surface area contributed by atoms with Crippen molar-refractivity contribution >= 4 is 11.8 Å². The summed E-state index contributed by atoms with van der Waals surface area (Å²) < 4.78 is 0. The van der Waals surface area contributed by atoms with E-state index < -0.39 is 5.91 Å². The van der Waals surface area contributed by atoms with Crippen molar-refractivity contribution in [2.24, 2.45) is 11.7 Å². The lowest BCUT2D eigenvalue weighted by Crippen LogP contribution is -2.30. The van der Waals surface area contributed by atoms with E-state index in [1.165, 1.54) is 0 Å². The van der Waals surface area contributed by atoms with Crippen molar-refractivity contribution in [2.45, 2.75) is 12.3 Å². The molecule has 1 fully saturated rings. The number of rotatable bonds is 5. The van der Waals surface area contributed by atoms with Crippen LogP contribution in [0.2, 0.25) is 0 Å². The van der Waals surface area contributed by atoms with E-state index in [1.807, 2.05) is 30.3 Å². The third kappa shape index (κ3) is 3.04. The van der Waals surface area contributed by atoms with Gasteiger partial charge in [-0.1, -0.05) is 30.3 Å². The van der Waals surface area contributed by atoms with Crippen LogP contribution in [0.4, 0.5) is 0 Å². The number of hydrogen-bond acceptors (Lipinski definition) is 3. The molecule has 2 unspecified atom stereocenters. The minimum Gasteiger partial charge on any atom is -0.368 e. The molecule has 17 heavy (non-hydrogen) atoms. The van der Waals surface area contributed by atoms with Crippen LogP contribution in [-0.4, -0.2) is 18.4 Å². The van der Waals surface area contributed by atoms with Gasteiger partial charge in [0.2, 0.25) is 11.8 Å². The molecule has 3 N–H and O–H groups in total. The highest BCUT2D eigenvalue weighted by Crippen LogP contribution is 2.47. The lowest BCUT2D eigenvalue weighted by molar-refractivity contribution is -0.139. The van der Waals surface area contributed by atoms with Gasteiger partial charge in [0.25, 0.3) is 0 Å². The first-order valence-corrected chi connectivity index (χ1v) is 5.43. The third-order valence-corrected chi connectivity index (χ3v) is 2.74. The highest BCUT2D eigenvalue weighted by atomic mass is 16.7. The van der Waals surface area contributed by atoms with E-state index in [4.69, 9.17) is 5.73 Å².